The van der Waals surface area contributed by atoms with Crippen LogP contribution in [0.4, 0.5) is 0 Å². The summed E-state index contributed by atoms with van der Waals surface area (Å²) >= 11 is 0. The highest BCUT2D eigenvalue weighted by atomic mass is 32.2. The first-order valence-corrected chi connectivity index (χ1v) is 8.77. The summed E-state index contributed by atoms with van der Waals surface area (Å²) in [7, 11) is -3.73. The van der Waals surface area contributed by atoms with E-state index in [2.05, 4.69) is 4.72 Å². The molecule has 0 saturated carbocycles. The number of nitrogens with zero attached hydrogens (tertiary/aromatic N) is 1. The van der Waals surface area contributed by atoms with Crippen molar-refractivity contribution in [3.63, 3.8) is 0 Å². The SMILES string of the molecule is C/C(N)=C(\C#N)C(=O)COC(=O)CCNS(=O)(=O)c1cccc(C)c1. The molecule has 1 rings (SSSR count). The smallest absolute Gasteiger partial charge is 0.307 e. The van der Waals surface area contributed by atoms with E-state index >= 15 is 0 Å². The number of nitriles is 1. The summed E-state index contributed by atoms with van der Waals surface area (Å²) in [5, 5.41) is 8.76. The van der Waals surface area contributed by atoms with Gasteiger partial charge in [0.2, 0.25) is 15.8 Å². The van der Waals surface area contributed by atoms with Crippen molar-refractivity contribution in [2.75, 3.05) is 13.2 Å². The standard InChI is InChI=1S/C16H19N3O5S/c1-11-4-3-5-13(8-11)25(22,23)19-7-6-16(21)24-10-15(20)14(9-17)12(2)18/h3-5,8,19H,6-7,10,18H2,1-2H3/b14-12-. The van der Waals surface area contributed by atoms with Gasteiger partial charge in [-0.2, -0.15) is 5.26 Å². The number of esters is 1. The predicted octanol–water partition coefficient (Wildman–Crippen LogP) is 0.532. The molecular formula is C16H19N3O5S. The highest BCUT2D eigenvalue weighted by molar-refractivity contribution is 7.89. The number of Topliss-reactive ketones (excluding diaryl/α,β-unsaturated/α-hetero) is 1. The molecule has 134 valence electrons. The van der Waals surface area contributed by atoms with E-state index in [1.54, 1.807) is 25.1 Å². The van der Waals surface area contributed by atoms with Crippen molar-refractivity contribution >= 4 is 21.8 Å². The number of sulfonamides is 1. The van der Waals surface area contributed by atoms with Gasteiger partial charge in [-0.15, -0.1) is 0 Å². The van der Waals surface area contributed by atoms with Gasteiger partial charge in [-0.25, -0.2) is 13.1 Å². The lowest BCUT2D eigenvalue weighted by molar-refractivity contribution is -0.146. The fraction of sp³-hybridized carbons (Fsp3) is 0.312. The van der Waals surface area contributed by atoms with Gasteiger partial charge in [0.15, 0.2) is 6.61 Å². The van der Waals surface area contributed by atoms with Crippen LogP contribution in [-0.4, -0.2) is 33.3 Å². The number of allylic oxidation sites excluding steroid dienone is 1. The second kappa shape index (κ2) is 8.96. The molecule has 25 heavy (non-hydrogen) atoms. The largest absolute Gasteiger partial charge is 0.457 e. The number of rotatable bonds is 8. The molecule has 0 aromatic heterocycles. The maximum atomic E-state index is 12.1. The summed E-state index contributed by atoms with van der Waals surface area (Å²) in [6.07, 6.45) is -0.258. The minimum atomic E-state index is -3.73. The number of carbonyl (C=O) groups excluding carboxylic acids is 2. The topological polar surface area (TPSA) is 139 Å². The molecule has 0 aliphatic heterocycles. The first-order chi connectivity index (χ1) is 11.7. The predicted molar refractivity (Wildman–Crippen MR) is 89.5 cm³/mol. The van der Waals surface area contributed by atoms with Crippen molar-refractivity contribution in [3.8, 4) is 6.07 Å². The van der Waals surface area contributed by atoms with E-state index in [1.807, 2.05) is 0 Å². The lowest BCUT2D eigenvalue weighted by atomic mass is 10.1. The van der Waals surface area contributed by atoms with Crippen molar-refractivity contribution in [2.24, 2.45) is 5.73 Å². The van der Waals surface area contributed by atoms with Crippen LogP contribution in [0.15, 0.2) is 40.4 Å². The lowest BCUT2D eigenvalue weighted by Crippen LogP contribution is -2.27. The molecule has 0 heterocycles. The second-order valence-electron chi connectivity index (χ2n) is 5.22. The van der Waals surface area contributed by atoms with Gasteiger partial charge in [0, 0.05) is 12.2 Å². The molecule has 3 N–H and O–H groups in total. The number of nitrogens with two attached hydrogens (primary N) is 1. The minimum Gasteiger partial charge on any atom is -0.457 e. The average Bonchev–Trinajstić information content (AvgIpc) is 2.53. The third-order valence-electron chi connectivity index (χ3n) is 3.07. The zero-order valence-corrected chi connectivity index (χ0v) is 14.7. The number of benzene rings is 1. The zero-order valence-electron chi connectivity index (χ0n) is 13.9. The summed E-state index contributed by atoms with van der Waals surface area (Å²) in [4.78, 5) is 23.3. The zero-order chi connectivity index (χ0) is 19.0. The fourth-order valence-corrected chi connectivity index (χ4v) is 2.95. The number of aryl methyl sites for hydroxylation is 1. The van der Waals surface area contributed by atoms with Crippen molar-refractivity contribution in [1.82, 2.24) is 4.72 Å². The van der Waals surface area contributed by atoms with E-state index in [0.717, 1.165) is 5.56 Å². The number of hydrogen-bond acceptors (Lipinski definition) is 7. The summed E-state index contributed by atoms with van der Waals surface area (Å²) in [6.45, 7) is 2.35. The van der Waals surface area contributed by atoms with E-state index in [4.69, 9.17) is 15.7 Å². The molecule has 0 amide bonds. The Morgan fingerprint density at radius 1 is 1.36 bits per heavy atom. The van der Waals surface area contributed by atoms with Gasteiger partial charge >= 0.3 is 5.97 Å². The van der Waals surface area contributed by atoms with Gasteiger partial charge in [0.1, 0.15) is 11.6 Å². The Kier molecular flexibility index (Phi) is 7.29. The number of ketones is 1. The summed E-state index contributed by atoms with van der Waals surface area (Å²) in [5.41, 5.74) is 5.92. The van der Waals surface area contributed by atoms with Crippen LogP contribution >= 0.6 is 0 Å². The Hall–Kier alpha value is -2.70. The third kappa shape index (κ3) is 6.37. The molecule has 0 radical (unpaired) electrons. The lowest BCUT2D eigenvalue weighted by Gasteiger charge is -2.08. The van der Waals surface area contributed by atoms with Crippen molar-refractivity contribution in [3.05, 3.63) is 41.1 Å². The van der Waals surface area contributed by atoms with Crippen LogP contribution in [0.5, 0.6) is 0 Å². The van der Waals surface area contributed by atoms with E-state index in [9.17, 15) is 18.0 Å². The molecule has 8 nitrogen and oxygen atoms in total. The molecule has 0 aliphatic carbocycles. The Bertz CT molecular complexity index is 834. The molecule has 9 heteroatoms. The molecule has 0 atom stereocenters. The molecule has 0 aliphatic rings. The molecule has 0 fully saturated rings. The maximum absolute atomic E-state index is 12.1. The fourth-order valence-electron chi connectivity index (χ4n) is 1.81. The quantitative estimate of drug-likeness (QED) is 0.389. The first kappa shape index (κ1) is 20.3. The van der Waals surface area contributed by atoms with E-state index in [-0.39, 0.29) is 29.1 Å². The number of carbonyl (C=O) groups is 2. The third-order valence-corrected chi connectivity index (χ3v) is 4.53. The summed E-state index contributed by atoms with van der Waals surface area (Å²) in [5.74, 6) is -1.48. The average molecular weight is 365 g/mol. The second-order valence-corrected chi connectivity index (χ2v) is 6.98. The minimum absolute atomic E-state index is 0.0365. The molecule has 0 unspecified atom stereocenters. The maximum Gasteiger partial charge on any atom is 0.307 e. The van der Waals surface area contributed by atoms with E-state index in [0.29, 0.717) is 0 Å². The number of hydrogen-bond donors (Lipinski definition) is 2. The van der Waals surface area contributed by atoms with E-state index < -0.39 is 28.4 Å². The van der Waals surface area contributed by atoms with Crippen LogP contribution < -0.4 is 10.5 Å². The van der Waals surface area contributed by atoms with Crippen LogP contribution in [0.25, 0.3) is 0 Å². The van der Waals surface area contributed by atoms with Gasteiger partial charge in [0.25, 0.3) is 0 Å². The summed E-state index contributed by atoms with van der Waals surface area (Å²) < 4.78 is 31.1. The highest BCUT2D eigenvalue weighted by Gasteiger charge is 2.16. The number of ether oxygens (including phenoxy) is 1. The molecule has 0 bridgehead atoms. The van der Waals surface area contributed by atoms with Crippen LogP contribution in [-0.2, 0) is 24.3 Å². The van der Waals surface area contributed by atoms with E-state index in [1.165, 1.54) is 19.1 Å². The first-order valence-electron chi connectivity index (χ1n) is 7.29. The normalized spacial score (nSPS) is 12.0. The molecule has 0 saturated heterocycles. The van der Waals surface area contributed by atoms with Gasteiger partial charge in [-0.3, -0.25) is 9.59 Å². The van der Waals surface area contributed by atoms with Gasteiger partial charge in [-0.05, 0) is 31.5 Å². The monoisotopic (exact) mass is 365 g/mol. The Morgan fingerprint density at radius 3 is 2.60 bits per heavy atom. The summed E-state index contributed by atoms with van der Waals surface area (Å²) in [6, 6.07) is 7.96. The van der Waals surface area contributed by atoms with Crippen LogP contribution in [0.2, 0.25) is 0 Å². The van der Waals surface area contributed by atoms with Crippen molar-refractivity contribution < 1.29 is 22.7 Å². The molecule has 0 spiro atoms. The Morgan fingerprint density at radius 2 is 2.04 bits per heavy atom. The Balaban J connectivity index is 2.49. The highest BCUT2D eigenvalue weighted by Crippen LogP contribution is 2.10. The van der Waals surface area contributed by atoms with Crippen LogP contribution in [0, 0.1) is 18.3 Å². The van der Waals surface area contributed by atoms with Crippen LogP contribution in [0.1, 0.15) is 18.9 Å². The molecule has 1 aromatic rings. The molecular weight excluding hydrogens is 346 g/mol. The van der Waals surface area contributed by atoms with Crippen molar-refractivity contribution in [1.29, 1.82) is 5.26 Å². The van der Waals surface area contributed by atoms with Gasteiger partial charge < -0.3 is 10.5 Å². The van der Waals surface area contributed by atoms with Crippen LogP contribution in [0.3, 0.4) is 0 Å². The molecule has 1 aromatic carbocycles. The van der Waals surface area contributed by atoms with Gasteiger partial charge in [-0.1, -0.05) is 12.1 Å². The van der Waals surface area contributed by atoms with Gasteiger partial charge in [0.05, 0.1) is 11.3 Å². The Labute approximate surface area is 146 Å². The van der Waals surface area contributed by atoms with Crippen molar-refractivity contribution in [2.45, 2.75) is 25.2 Å². The number of nitrogens with one attached hydrogen (secondary N) is 1.